The molecule has 0 bridgehead atoms. The third kappa shape index (κ3) is 3.47. The zero-order valence-electron chi connectivity index (χ0n) is 11.3. The molecule has 0 spiro atoms. The highest BCUT2D eigenvalue weighted by molar-refractivity contribution is 14.1. The summed E-state index contributed by atoms with van der Waals surface area (Å²) in [7, 11) is 0. The molecule has 1 amide bonds. The Morgan fingerprint density at radius 1 is 1.40 bits per heavy atom. The van der Waals surface area contributed by atoms with E-state index in [1.807, 2.05) is 22.6 Å². The molecule has 0 aliphatic heterocycles. The lowest BCUT2D eigenvalue weighted by Gasteiger charge is -2.29. The number of nitro benzene ring substituents is 1. The van der Waals surface area contributed by atoms with Crippen LogP contribution >= 0.6 is 22.6 Å². The van der Waals surface area contributed by atoms with Gasteiger partial charge in [0.1, 0.15) is 0 Å². The molecule has 1 fully saturated rings. The summed E-state index contributed by atoms with van der Waals surface area (Å²) >= 11 is 2.03. The van der Waals surface area contributed by atoms with E-state index in [0.29, 0.717) is 11.5 Å². The molecule has 1 saturated carbocycles. The molecule has 1 aromatic rings. The molecular weight excluding hydrogens is 371 g/mol. The van der Waals surface area contributed by atoms with Gasteiger partial charge in [0.2, 0.25) is 0 Å². The summed E-state index contributed by atoms with van der Waals surface area (Å²) in [4.78, 5) is 22.6. The van der Waals surface area contributed by atoms with E-state index in [-0.39, 0.29) is 17.6 Å². The monoisotopic (exact) mass is 388 g/mol. The molecule has 1 aliphatic rings. The van der Waals surface area contributed by atoms with Gasteiger partial charge in [-0.2, -0.15) is 0 Å². The van der Waals surface area contributed by atoms with Gasteiger partial charge in [0.25, 0.3) is 11.6 Å². The summed E-state index contributed by atoms with van der Waals surface area (Å²) in [5, 5.41) is 13.8. The lowest BCUT2D eigenvalue weighted by Crippen LogP contribution is -2.41. The molecule has 0 radical (unpaired) electrons. The molecule has 2 unspecified atom stereocenters. The number of nitrogens with zero attached hydrogens (tertiary/aromatic N) is 1. The van der Waals surface area contributed by atoms with Crippen molar-refractivity contribution in [3.8, 4) is 0 Å². The van der Waals surface area contributed by atoms with Gasteiger partial charge < -0.3 is 5.32 Å². The Hall–Kier alpha value is -1.18. The fourth-order valence-electron chi connectivity index (χ4n) is 2.58. The Morgan fingerprint density at radius 3 is 2.75 bits per heavy atom. The van der Waals surface area contributed by atoms with Crippen LogP contribution in [-0.2, 0) is 0 Å². The zero-order valence-corrected chi connectivity index (χ0v) is 13.4. The van der Waals surface area contributed by atoms with E-state index in [0.717, 1.165) is 22.8 Å². The number of non-ortho nitro benzene ring substituents is 1. The van der Waals surface area contributed by atoms with E-state index in [1.54, 1.807) is 6.07 Å². The molecule has 0 heterocycles. The highest BCUT2D eigenvalue weighted by atomic mass is 127. The number of halogens is 1. The maximum atomic E-state index is 12.3. The predicted molar refractivity (Wildman–Crippen MR) is 84.7 cm³/mol. The van der Waals surface area contributed by atoms with Gasteiger partial charge in [-0.05, 0) is 47.4 Å². The molecule has 108 valence electrons. The van der Waals surface area contributed by atoms with Crippen molar-refractivity contribution in [1.82, 2.24) is 5.32 Å². The van der Waals surface area contributed by atoms with Crippen molar-refractivity contribution >= 4 is 34.2 Å². The van der Waals surface area contributed by atoms with Crippen LogP contribution in [-0.4, -0.2) is 16.9 Å². The average Bonchev–Trinajstić information content (AvgIpc) is 2.41. The minimum atomic E-state index is -0.476. The van der Waals surface area contributed by atoms with Gasteiger partial charge in [0, 0.05) is 21.7 Å². The van der Waals surface area contributed by atoms with Crippen LogP contribution < -0.4 is 5.32 Å². The van der Waals surface area contributed by atoms with Crippen LogP contribution in [0.4, 0.5) is 5.69 Å². The highest BCUT2D eigenvalue weighted by Gasteiger charge is 2.24. The minimum Gasteiger partial charge on any atom is -0.349 e. The summed E-state index contributed by atoms with van der Waals surface area (Å²) < 4.78 is 0.731. The number of carbonyl (C=O) groups is 1. The van der Waals surface area contributed by atoms with Gasteiger partial charge in [-0.25, -0.2) is 0 Å². The molecule has 0 aromatic heterocycles. The lowest BCUT2D eigenvalue weighted by molar-refractivity contribution is -0.384. The molecule has 6 heteroatoms. The van der Waals surface area contributed by atoms with Crippen LogP contribution in [0.1, 0.15) is 43.0 Å². The second-order valence-corrected chi connectivity index (χ2v) is 6.43. The molecule has 1 aromatic carbocycles. The fraction of sp³-hybridized carbons (Fsp3) is 0.500. The van der Waals surface area contributed by atoms with Crippen LogP contribution in [0, 0.1) is 19.6 Å². The van der Waals surface area contributed by atoms with E-state index in [1.165, 1.54) is 18.6 Å². The van der Waals surface area contributed by atoms with Gasteiger partial charge in [-0.1, -0.05) is 19.8 Å². The first kappa shape index (κ1) is 15.2. The van der Waals surface area contributed by atoms with E-state index in [9.17, 15) is 14.9 Å². The van der Waals surface area contributed by atoms with Crippen LogP contribution in [0.25, 0.3) is 0 Å². The van der Waals surface area contributed by atoms with E-state index in [4.69, 9.17) is 0 Å². The quantitative estimate of drug-likeness (QED) is 0.489. The Morgan fingerprint density at radius 2 is 2.10 bits per heavy atom. The topological polar surface area (TPSA) is 72.2 Å². The number of hydrogen-bond donors (Lipinski definition) is 1. The number of carbonyl (C=O) groups excluding carboxylic acids is 1. The smallest absolute Gasteiger partial charge is 0.270 e. The van der Waals surface area contributed by atoms with Crippen molar-refractivity contribution in [2.75, 3.05) is 0 Å². The third-order valence-corrected chi connectivity index (χ3v) is 4.77. The average molecular weight is 388 g/mol. The minimum absolute atomic E-state index is 0.0488. The first-order valence-electron chi connectivity index (χ1n) is 6.74. The number of nitro groups is 1. The second-order valence-electron chi connectivity index (χ2n) is 5.26. The van der Waals surface area contributed by atoms with Crippen molar-refractivity contribution in [1.29, 1.82) is 0 Å². The summed E-state index contributed by atoms with van der Waals surface area (Å²) in [6.45, 7) is 2.14. The number of benzene rings is 1. The Labute approximate surface area is 131 Å². The molecule has 0 saturated heterocycles. The van der Waals surface area contributed by atoms with Gasteiger partial charge >= 0.3 is 0 Å². The van der Waals surface area contributed by atoms with Crippen molar-refractivity contribution in [3.05, 3.63) is 37.4 Å². The van der Waals surface area contributed by atoms with E-state index >= 15 is 0 Å². The molecular formula is C14H17IN2O3. The second kappa shape index (κ2) is 6.51. The van der Waals surface area contributed by atoms with Gasteiger partial charge in [0.05, 0.1) is 10.5 Å². The van der Waals surface area contributed by atoms with Crippen molar-refractivity contribution < 1.29 is 9.72 Å². The summed E-state index contributed by atoms with van der Waals surface area (Å²) in [6.07, 6.45) is 4.44. The van der Waals surface area contributed by atoms with Crippen molar-refractivity contribution in [3.63, 3.8) is 0 Å². The lowest BCUT2D eigenvalue weighted by atomic mass is 9.86. The molecule has 2 atom stereocenters. The van der Waals surface area contributed by atoms with Crippen molar-refractivity contribution in [2.45, 2.75) is 38.6 Å². The SMILES string of the molecule is CC1CCCCC1NC(=O)c1cc([N+](=O)[O-])ccc1I. The molecule has 5 nitrogen and oxygen atoms in total. The number of amides is 1. The Balaban J connectivity index is 2.16. The Bertz CT molecular complexity index is 533. The summed E-state index contributed by atoms with van der Waals surface area (Å²) in [5.41, 5.74) is 0.338. The van der Waals surface area contributed by atoms with Gasteiger partial charge in [-0.15, -0.1) is 0 Å². The normalized spacial score (nSPS) is 22.3. The van der Waals surface area contributed by atoms with Crippen LogP contribution in [0.5, 0.6) is 0 Å². The standard InChI is InChI=1S/C14H17IN2O3/c1-9-4-2-3-5-13(9)16-14(18)11-8-10(17(19)20)6-7-12(11)15/h6-9,13H,2-5H2,1H3,(H,16,18). The fourth-order valence-corrected chi connectivity index (χ4v) is 3.16. The van der Waals surface area contributed by atoms with E-state index < -0.39 is 4.92 Å². The maximum Gasteiger partial charge on any atom is 0.270 e. The zero-order chi connectivity index (χ0) is 14.7. The highest BCUT2D eigenvalue weighted by Crippen LogP contribution is 2.25. The summed E-state index contributed by atoms with van der Waals surface area (Å²) in [5.74, 6) is 0.251. The Kier molecular flexibility index (Phi) is 4.95. The first-order valence-corrected chi connectivity index (χ1v) is 7.81. The van der Waals surface area contributed by atoms with E-state index in [2.05, 4.69) is 12.2 Å². The van der Waals surface area contributed by atoms with Gasteiger partial charge in [0.15, 0.2) is 0 Å². The largest absolute Gasteiger partial charge is 0.349 e. The van der Waals surface area contributed by atoms with Gasteiger partial charge in [-0.3, -0.25) is 14.9 Å². The predicted octanol–water partition coefficient (Wildman–Crippen LogP) is 3.51. The third-order valence-electron chi connectivity index (χ3n) is 3.83. The van der Waals surface area contributed by atoms with Crippen LogP contribution in [0.15, 0.2) is 18.2 Å². The van der Waals surface area contributed by atoms with Crippen LogP contribution in [0.2, 0.25) is 0 Å². The molecule has 1 aliphatic carbocycles. The molecule has 1 N–H and O–H groups in total. The molecule has 2 rings (SSSR count). The van der Waals surface area contributed by atoms with Crippen molar-refractivity contribution in [2.24, 2.45) is 5.92 Å². The number of hydrogen-bond acceptors (Lipinski definition) is 3. The first-order chi connectivity index (χ1) is 9.49. The van der Waals surface area contributed by atoms with Crippen LogP contribution in [0.3, 0.4) is 0 Å². The maximum absolute atomic E-state index is 12.3. The molecule has 20 heavy (non-hydrogen) atoms. The number of rotatable bonds is 3. The summed E-state index contributed by atoms with van der Waals surface area (Å²) in [6, 6.07) is 4.55. The number of nitrogens with one attached hydrogen (secondary N) is 1.